The van der Waals surface area contributed by atoms with E-state index in [1.807, 2.05) is 24.8 Å². The summed E-state index contributed by atoms with van der Waals surface area (Å²) in [6, 6.07) is 5.41. The third-order valence-electron chi connectivity index (χ3n) is 7.00. The molecule has 0 saturated carbocycles. The van der Waals surface area contributed by atoms with Crippen molar-refractivity contribution >= 4 is 14.2 Å². The predicted octanol–water partition coefficient (Wildman–Crippen LogP) is 5.80. The monoisotopic (exact) mass is 481 g/mol. The third kappa shape index (κ3) is 6.96. The van der Waals surface area contributed by atoms with Crippen LogP contribution in [0.3, 0.4) is 0 Å². The minimum atomic E-state index is -2.15. The van der Waals surface area contributed by atoms with Gasteiger partial charge in [0, 0.05) is 32.0 Å². The SMILES string of the molecule is CCN(CC)C(=O)C[C@@H](CO[Si](C(C)C)(C(C)C)C(C)C)[C@@H](O)c1ccc(OC)c(OC)c1. The van der Waals surface area contributed by atoms with Gasteiger partial charge in [-0.15, -0.1) is 0 Å². The summed E-state index contributed by atoms with van der Waals surface area (Å²) in [5.74, 6) is 0.837. The van der Waals surface area contributed by atoms with E-state index in [1.165, 1.54) is 0 Å². The van der Waals surface area contributed by atoms with Crippen LogP contribution in [0.4, 0.5) is 0 Å². The highest BCUT2D eigenvalue weighted by Crippen LogP contribution is 2.43. The number of ether oxygens (including phenoxy) is 2. The first-order chi connectivity index (χ1) is 15.5. The molecule has 0 radical (unpaired) electrons. The lowest BCUT2D eigenvalue weighted by Crippen LogP contribution is -2.49. The summed E-state index contributed by atoms with van der Waals surface area (Å²) in [7, 11) is 1.02. The number of amides is 1. The topological polar surface area (TPSA) is 68.2 Å². The number of carbonyl (C=O) groups is 1. The zero-order chi connectivity index (χ0) is 25.3. The van der Waals surface area contributed by atoms with Crippen molar-refractivity contribution in [2.75, 3.05) is 33.9 Å². The van der Waals surface area contributed by atoms with Crippen molar-refractivity contribution < 1.29 is 23.8 Å². The number of rotatable bonds is 14. The van der Waals surface area contributed by atoms with E-state index >= 15 is 0 Å². The van der Waals surface area contributed by atoms with Gasteiger partial charge in [0.25, 0.3) is 0 Å². The molecule has 0 bridgehead atoms. The van der Waals surface area contributed by atoms with E-state index in [0.717, 1.165) is 0 Å². The van der Waals surface area contributed by atoms with Crippen molar-refractivity contribution in [3.63, 3.8) is 0 Å². The molecule has 0 aromatic heterocycles. The molecule has 1 aromatic rings. The molecule has 1 aromatic carbocycles. The van der Waals surface area contributed by atoms with Crippen LogP contribution >= 0.6 is 0 Å². The number of nitrogens with zero attached hydrogens (tertiary/aromatic N) is 1. The molecule has 2 atom stereocenters. The smallest absolute Gasteiger partial charge is 0.223 e. The normalized spacial score (nSPS) is 14.0. The van der Waals surface area contributed by atoms with E-state index in [4.69, 9.17) is 13.9 Å². The highest BCUT2D eigenvalue weighted by atomic mass is 28.4. The average molecular weight is 482 g/mol. The van der Waals surface area contributed by atoms with Crippen LogP contribution in [-0.2, 0) is 9.22 Å². The van der Waals surface area contributed by atoms with Crippen molar-refractivity contribution in [2.45, 2.75) is 84.5 Å². The second-order valence-electron chi connectivity index (χ2n) is 9.72. The molecule has 0 unspecified atom stereocenters. The van der Waals surface area contributed by atoms with Crippen molar-refractivity contribution in [1.29, 1.82) is 0 Å². The van der Waals surface area contributed by atoms with Gasteiger partial charge < -0.3 is 23.9 Å². The summed E-state index contributed by atoms with van der Waals surface area (Å²) in [6.45, 7) is 19.1. The van der Waals surface area contributed by atoms with Crippen LogP contribution in [0.15, 0.2) is 18.2 Å². The van der Waals surface area contributed by atoms with Crippen LogP contribution in [0, 0.1) is 5.92 Å². The van der Waals surface area contributed by atoms with E-state index in [9.17, 15) is 9.90 Å². The van der Waals surface area contributed by atoms with Gasteiger partial charge in [0.15, 0.2) is 19.8 Å². The summed E-state index contributed by atoms with van der Waals surface area (Å²) in [4.78, 5) is 14.8. The molecule has 1 rings (SSSR count). The fraction of sp³-hybridized carbons (Fsp3) is 0.731. The first-order valence-corrected chi connectivity index (χ1v) is 14.5. The molecule has 0 aliphatic rings. The van der Waals surface area contributed by atoms with Gasteiger partial charge in [-0.05, 0) is 48.2 Å². The molecule has 7 heteroatoms. The van der Waals surface area contributed by atoms with Crippen LogP contribution in [0.5, 0.6) is 11.5 Å². The van der Waals surface area contributed by atoms with Gasteiger partial charge in [-0.3, -0.25) is 4.79 Å². The zero-order valence-corrected chi connectivity index (χ0v) is 23.5. The maximum absolute atomic E-state index is 13.0. The first-order valence-electron chi connectivity index (χ1n) is 12.3. The number of carbonyl (C=O) groups excluding carboxylic acids is 1. The van der Waals surface area contributed by atoms with E-state index in [1.54, 1.807) is 26.4 Å². The number of hydrogen-bond donors (Lipinski definition) is 1. The Morgan fingerprint density at radius 1 is 0.939 bits per heavy atom. The van der Waals surface area contributed by atoms with Crippen LogP contribution in [0.25, 0.3) is 0 Å². The molecule has 190 valence electrons. The average Bonchev–Trinajstić information content (AvgIpc) is 2.77. The number of aliphatic hydroxyl groups excluding tert-OH is 1. The summed E-state index contributed by atoms with van der Waals surface area (Å²) >= 11 is 0. The van der Waals surface area contributed by atoms with E-state index in [-0.39, 0.29) is 18.2 Å². The van der Waals surface area contributed by atoms with Crippen molar-refractivity contribution in [3.8, 4) is 11.5 Å². The Balaban J connectivity index is 3.32. The lowest BCUT2D eigenvalue weighted by atomic mass is 9.92. The quantitative estimate of drug-likeness (QED) is 0.340. The van der Waals surface area contributed by atoms with Crippen molar-refractivity contribution in [1.82, 2.24) is 4.90 Å². The van der Waals surface area contributed by atoms with E-state index in [2.05, 4.69) is 41.5 Å². The van der Waals surface area contributed by atoms with Crippen LogP contribution < -0.4 is 9.47 Å². The molecular weight excluding hydrogens is 434 g/mol. The molecule has 0 fully saturated rings. The van der Waals surface area contributed by atoms with Crippen LogP contribution in [0.2, 0.25) is 16.6 Å². The van der Waals surface area contributed by atoms with E-state index < -0.39 is 14.4 Å². The highest BCUT2D eigenvalue weighted by Gasteiger charge is 2.45. The van der Waals surface area contributed by atoms with E-state index in [0.29, 0.717) is 53.4 Å². The molecule has 0 heterocycles. The maximum atomic E-state index is 13.0. The maximum Gasteiger partial charge on any atom is 0.223 e. The molecule has 0 aliphatic heterocycles. The summed E-state index contributed by atoms with van der Waals surface area (Å²) in [5, 5.41) is 11.4. The minimum absolute atomic E-state index is 0.0408. The van der Waals surface area contributed by atoms with Gasteiger partial charge in [-0.25, -0.2) is 0 Å². The van der Waals surface area contributed by atoms with Crippen LogP contribution in [-0.4, -0.2) is 58.1 Å². The third-order valence-corrected chi connectivity index (χ3v) is 13.1. The predicted molar refractivity (Wildman–Crippen MR) is 138 cm³/mol. The molecule has 0 saturated heterocycles. The van der Waals surface area contributed by atoms with Crippen molar-refractivity contribution in [3.05, 3.63) is 23.8 Å². The second-order valence-corrected chi connectivity index (χ2v) is 15.2. The number of aliphatic hydroxyl groups is 1. The minimum Gasteiger partial charge on any atom is -0.493 e. The molecule has 1 N–H and O–H groups in total. The lowest BCUT2D eigenvalue weighted by molar-refractivity contribution is -0.133. The van der Waals surface area contributed by atoms with Gasteiger partial charge in [0.1, 0.15) is 0 Å². The summed E-state index contributed by atoms with van der Waals surface area (Å²) in [6.07, 6.45) is -0.627. The fourth-order valence-corrected chi connectivity index (χ4v) is 10.8. The van der Waals surface area contributed by atoms with Gasteiger partial charge in [-0.1, -0.05) is 47.6 Å². The molecule has 1 amide bonds. The zero-order valence-electron chi connectivity index (χ0n) is 22.5. The Bertz CT molecular complexity index is 712. The lowest BCUT2D eigenvalue weighted by Gasteiger charge is -2.43. The molecule has 33 heavy (non-hydrogen) atoms. The number of methoxy groups -OCH3 is 2. The Morgan fingerprint density at radius 3 is 1.88 bits per heavy atom. The Labute approximate surface area is 202 Å². The standard InChI is InChI=1S/C26H47NO5Si/c1-11-27(12-2)25(28)16-22(17-32-33(18(3)4,19(5)6)20(7)8)26(29)21-13-14-23(30-9)24(15-21)31-10/h13-15,18-20,22,26,29H,11-12,16-17H2,1-10H3/t22-,26-/m0/s1. The summed E-state index contributed by atoms with van der Waals surface area (Å²) < 4.78 is 17.6. The molecule has 0 spiro atoms. The second kappa shape index (κ2) is 13.3. The van der Waals surface area contributed by atoms with Gasteiger partial charge in [0.2, 0.25) is 5.91 Å². The van der Waals surface area contributed by atoms with Crippen LogP contribution in [0.1, 0.15) is 73.5 Å². The van der Waals surface area contributed by atoms with Crippen molar-refractivity contribution in [2.24, 2.45) is 5.92 Å². The number of benzene rings is 1. The molecule has 0 aliphatic carbocycles. The van der Waals surface area contributed by atoms with Gasteiger partial charge in [0.05, 0.1) is 20.3 Å². The Morgan fingerprint density at radius 2 is 1.45 bits per heavy atom. The number of hydrogen-bond acceptors (Lipinski definition) is 5. The highest BCUT2D eigenvalue weighted by molar-refractivity contribution is 6.77. The Kier molecular flexibility index (Phi) is 11.9. The van der Waals surface area contributed by atoms with Gasteiger partial charge in [-0.2, -0.15) is 0 Å². The fourth-order valence-electron chi connectivity index (χ4n) is 5.25. The Hall–Kier alpha value is -1.57. The molecular formula is C26H47NO5Si. The molecule has 6 nitrogen and oxygen atoms in total. The van der Waals surface area contributed by atoms with Gasteiger partial charge >= 0.3 is 0 Å². The largest absolute Gasteiger partial charge is 0.493 e. The summed E-state index contributed by atoms with van der Waals surface area (Å²) in [5.41, 5.74) is 1.97. The first kappa shape index (κ1) is 29.5.